The van der Waals surface area contributed by atoms with Crippen LogP contribution in [0, 0.1) is 0 Å². The highest BCUT2D eigenvalue weighted by molar-refractivity contribution is 5.76. The van der Waals surface area contributed by atoms with Crippen LogP contribution in [0.15, 0.2) is 30.3 Å². The Morgan fingerprint density at radius 1 is 1.33 bits per heavy atom. The highest BCUT2D eigenvalue weighted by atomic mass is 16.5. The van der Waals surface area contributed by atoms with Crippen molar-refractivity contribution in [2.75, 3.05) is 25.0 Å². The van der Waals surface area contributed by atoms with Gasteiger partial charge in [0.15, 0.2) is 0 Å². The number of carbonyl (C=O) groups is 1. The quantitative estimate of drug-likeness (QED) is 0.807. The van der Waals surface area contributed by atoms with Crippen molar-refractivity contribution >= 4 is 11.6 Å². The first-order valence-electron chi connectivity index (χ1n) is 6.52. The van der Waals surface area contributed by atoms with E-state index >= 15 is 0 Å². The largest absolute Gasteiger partial charge is 0.385 e. The van der Waals surface area contributed by atoms with E-state index in [1.807, 2.05) is 30.3 Å². The summed E-state index contributed by atoms with van der Waals surface area (Å²) in [6.07, 6.45) is 2.87. The van der Waals surface area contributed by atoms with Crippen molar-refractivity contribution in [2.45, 2.75) is 25.4 Å². The number of nitrogens with one attached hydrogen (secondary N) is 2. The van der Waals surface area contributed by atoms with E-state index in [0.717, 1.165) is 25.1 Å². The smallest absolute Gasteiger partial charge is 0.221 e. The molecule has 0 aliphatic carbocycles. The van der Waals surface area contributed by atoms with Gasteiger partial charge in [-0.2, -0.15) is 0 Å². The molecule has 1 aliphatic rings. The predicted octanol–water partition coefficient (Wildman–Crippen LogP) is 1.78. The first kappa shape index (κ1) is 12.9. The molecule has 1 saturated heterocycles. The van der Waals surface area contributed by atoms with Crippen LogP contribution >= 0.6 is 0 Å². The molecule has 4 nitrogen and oxygen atoms in total. The highest BCUT2D eigenvalue weighted by Crippen LogP contribution is 2.10. The van der Waals surface area contributed by atoms with E-state index < -0.39 is 0 Å². The van der Waals surface area contributed by atoms with Crippen molar-refractivity contribution in [2.24, 2.45) is 0 Å². The topological polar surface area (TPSA) is 50.4 Å². The summed E-state index contributed by atoms with van der Waals surface area (Å²) in [7, 11) is 0. The standard InChI is InChI=1S/C14H20N2O2/c17-14(16-11-13-7-4-10-18-13)8-9-15-12-5-2-1-3-6-12/h1-3,5-6,13,15H,4,7-11H2,(H,16,17). The fraction of sp³-hybridized carbons (Fsp3) is 0.500. The van der Waals surface area contributed by atoms with Crippen LogP contribution in [0.5, 0.6) is 0 Å². The molecular formula is C14H20N2O2. The Bertz CT molecular complexity index is 361. The normalized spacial score (nSPS) is 18.6. The van der Waals surface area contributed by atoms with Gasteiger partial charge >= 0.3 is 0 Å². The van der Waals surface area contributed by atoms with E-state index in [4.69, 9.17) is 4.74 Å². The van der Waals surface area contributed by atoms with Gasteiger partial charge in [-0.1, -0.05) is 18.2 Å². The summed E-state index contributed by atoms with van der Waals surface area (Å²) in [4.78, 5) is 11.6. The van der Waals surface area contributed by atoms with Gasteiger partial charge in [-0.15, -0.1) is 0 Å². The third-order valence-corrected chi connectivity index (χ3v) is 3.01. The number of amides is 1. The van der Waals surface area contributed by atoms with Gasteiger partial charge in [0.25, 0.3) is 0 Å². The predicted molar refractivity (Wildman–Crippen MR) is 71.5 cm³/mol. The van der Waals surface area contributed by atoms with Crippen LogP contribution in [0.4, 0.5) is 5.69 Å². The van der Waals surface area contributed by atoms with E-state index in [2.05, 4.69) is 10.6 Å². The molecule has 0 bridgehead atoms. The number of hydrogen-bond donors (Lipinski definition) is 2. The lowest BCUT2D eigenvalue weighted by atomic mass is 10.2. The molecule has 1 aromatic rings. The molecule has 98 valence electrons. The minimum atomic E-state index is 0.0777. The zero-order valence-corrected chi connectivity index (χ0v) is 10.5. The molecule has 0 aromatic heterocycles. The Labute approximate surface area is 108 Å². The van der Waals surface area contributed by atoms with Crippen molar-refractivity contribution in [3.05, 3.63) is 30.3 Å². The zero-order valence-electron chi connectivity index (χ0n) is 10.5. The van der Waals surface area contributed by atoms with Gasteiger partial charge in [-0.05, 0) is 25.0 Å². The Morgan fingerprint density at radius 3 is 2.89 bits per heavy atom. The molecule has 2 N–H and O–H groups in total. The van der Waals surface area contributed by atoms with Gasteiger partial charge in [0, 0.05) is 31.8 Å². The number of benzene rings is 1. The minimum absolute atomic E-state index is 0.0777. The second-order valence-electron chi connectivity index (χ2n) is 4.48. The van der Waals surface area contributed by atoms with Gasteiger partial charge in [-0.3, -0.25) is 4.79 Å². The third kappa shape index (κ3) is 4.37. The summed E-state index contributed by atoms with van der Waals surface area (Å²) in [6, 6.07) is 9.90. The summed E-state index contributed by atoms with van der Waals surface area (Å²) in [5, 5.41) is 6.12. The average molecular weight is 248 g/mol. The Kier molecular flexibility index (Phi) is 5.02. The molecule has 0 spiro atoms. The molecule has 1 aromatic carbocycles. The molecule has 1 amide bonds. The lowest BCUT2D eigenvalue weighted by Crippen LogP contribution is -2.32. The van der Waals surface area contributed by atoms with Crippen LogP contribution in [0.1, 0.15) is 19.3 Å². The zero-order chi connectivity index (χ0) is 12.6. The Hall–Kier alpha value is -1.55. The lowest BCUT2D eigenvalue weighted by Gasteiger charge is -2.11. The monoisotopic (exact) mass is 248 g/mol. The number of para-hydroxylation sites is 1. The summed E-state index contributed by atoms with van der Waals surface area (Å²) in [5.41, 5.74) is 1.05. The van der Waals surface area contributed by atoms with E-state index in [1.54, 1.807) is 0 Å². The Balaban J connectivity index is 1.57. The van der Waals surface area contributed by atoms with Gasteiger partial charge in [0.05, 0.1) is 6.10 Å². The van der Waals surface area contributed by atoms with Crippen molar-refractivity contribution in [1.29, 1.82) is 0 Å². The molecule has 0 saturated carbocycles. The van der Waals surface area contributed by atoms with Crippen LogP contribution in [0.25, 0.3) is 0 Å². The molecule has 1 fully saturated rings. The molecule has 4 heteroatoms. The number of ether oxygens (including phenoxy) is 1. The second-order valence-corrected chi connectivity index (χ2v) is 4.48. The molecule has 1 aliphatic heterocycles. The van der Waals surface area contributed by atoms with Crippen LogP contribution in [-0.2, 0) is 9.53 Å². The first-order valence-corrected chi connectivity index (χ1v) is 6.52. The Morgan fingerprint density at radius 2 is 2.17 bits per heavy atom. The molecule has 1 heterocycles. The van der Waals surface area contributed by atoms with E-state index in [9.17, 15) is 4.79 Å². The number of anilines is 1. The SMILES string of the molecule is O=C(CCNc1ccccc1)NCC1CCCO1. The first-order chi connectivity index (χ1) is 8.84. The van der Waals surface area contributed by atoms with Crippen molar-refractivity contribution in [1.82, 2.24) is 5.32 Å². The summed E-state index contributed by atoms with van der Waals surface area (Å²) >= 11 is 0. The fourth-order valence-electron chi connectivity index (χ4n) is 2.00. The highest BCUT2D eigenvalue weighted by Gasteiger charge is 2.15. The van der Waals surface area contributed by atoms with Gasteiger partial charge in [0.1, 0.15) is 0 Å². The maximum Gasteiger partial charge on any atom is 0.221 e. The second kappa shape index (κ2) is 7.01. The molecular weight excluding hydrogens is 228 g/mol. The number of carbonyl (C=O) groups excluding carboxylic acids is 1. The van der Waals surface area contributed by atoms with Crippen molar-refractivity contribution in [3.63, 3.8) is 0 Å². The van der Waals surface area contributed by atoms with Crippen LogP contribution in [-0.4, -0.2) is 31.7 Å². The maximum absolute atomic E-state index is 11.6. The molecule has 1 unspecified atom stereocenters. The number of rotatable bonds is 6. The summed E-state index contributed by atoms with van der Waals surface area (Å²) in [5.74, 6) is 0.0777. The fourth-order valence-corrected chi connectivity index (χ4v) is 2.00. The van der Waals surface area contributed by atoms with E-state index in [-0.39, 0.29) is 12.0 Å². The van der Waals surface area contributed by atoms with E-state index in [0.29, 0.717) is 19.5 Å². The summed E-state index contributed by atoms with van der Waals surface area (Å²) in [6.45, 7) is 2.13. The van der Waals surface area contributed by atoms with Gasteiger partial charge in [0.2, 0.25) is 5.91 Å². The molecule has 18 heavy (non-hydrogen) atoms. The van der Waals surface area contributed by atoms with Crippen molar-refractivity contribution < 1.29 is 9.53 Å². The van der Waals surface area contributed by atoms with Crippen LogP contribution < -0.4 is 10.6 Å². The van der Waals surface area contributed by atoms with Crippen molar-refractivity contribution in [3.8, 4) is 0 Å². The van der Waals surface area contributed by atoms with Gasteiger partial charge in [-0.25, -0.2) is 0 Å². The molecule has 1 atom stereocenters. The van der Waals surface area contributed by atoms with Crippen LogP contribution in [0.2, 0.25) is 0 Å². The van der Waals surface area contributed by atoms with E-state index in [1.165, 1.54) is 0 Å². The van der Waals surface area contributed by atoms with Crippen LogP contribution in [0.3, 0.4) is 0 Å². The molecule has 0 radical (unpaired) electrons. The number of hydrogen-bond acceptors (Lipinski definition) is 3. The third-order valence-electron chi connectivity index (χ3n) is 3.01. The maximum atomic E-state index is 11.6. The molecule has 2 rings (SSSR count). The average Bonchev–Trinajstić information content (AvgIpc) is 2.91. The van der Waals surface area contributed by atoms with Gasteiger partial charge < -0.3 is 15.4 Å². The lowest BCUT2D eigenvalue weighted by molar-refractivity contribution is -0.121. The summed E-state index contributed by atoms with van der Waals surface area (Å²) < 4.78 is 5.45. The minimum Gasteiger partial charge on any atom is -0.385 e.